The number of aliphatic hydroxyl groups is 17. The molecule has 0 spiro atoms. The van der Waals surface area contributed by atoms with Gasteiger partial charge in [-0.25, -0.2) is 4.89 Å². The molecule has 30 nitrogen and oxygen atoms in total. The van der Waals surface area contributed by atoms with Crippen LogP contribution in [0.3, 0.4) is 0 Å². The summed E-state index contributed by atoms with van der Waals surface area (Å²) >= 11 is 0. The predicted octanol–water partition coefficient (Wildman–Crippen LogP) is -11.5. The van der Waals surface area contributed by atoms with Gasteiger partial charge in [0.2, 0.25) is 0 Å². The van der Waals surface area contributed by atoms with E-state index in [0.29, 0.717) is 0 Å². The van der Waals surface area contributed by atoms with E-state index in [1.165, 1.54) is 13.8 Å². The van der Waals surface area contributed by atoms with Crippen molar-refractivity contribution < 1.29 is 149 Å². The van der Waals surface area contributed by atoms with Gasteiger partial charge in [0, 0.05) is 0 Å². The lowest BCUT2D eigenvalue weighted by Crippen LogP contribution is -2.66. The van der Waals surface area contributed by atoms with E-state index in [2.05, 4.69) is 4.89 Å². The van der Waals surface area contributed by atoms with Crippen LogP contribution in [-0.4, -0.2) is 303 Å². The molecule has 30 heteroatoms. The molecule has 0 aromatic carbocycles. The first-order valence-electron chi connectivity index (χ1n) is 21.0. The average molecular weight is 975 g/mol. The summed E-state index contributed by atoms with van der Waals surface area (Å²) in [5.41, 5.74) is 0. The van der Waals surface area contributed by atoms with Gasteiger partial charge >= 0.3 is 0 Å². The Kier molecular flexibility index (Phi) is 18.8. The second kappa shape index (κ2) is 22.9. The largest absolute Gasteiger partial charge is 0.394 e. The molecule has 0 aromatic rings. The van der Waals surface area contributed by atoms with Gasteiger partial charge in [-0.1, -0.05) is 0 Å². The average Bonchev–Trinajstić information content (AvgIpc) is 3.28. The Bertz CT molecular complexity index is 1490. The molecule has 6 saturated heterocycles. The van der Waals surface area contributed by atoms with Crippen LogP contribution < -0.4 is 0 Å². The minimum absolute atomic E-state index is 0.707. The monoisotopic (exact) mass is 974 g/mol. The Morgan fingerprint density at radius 1 is 0.333 bits per heavy atom. The van der Waals surface area contributed by atoms with Crippen LogP contribution >= 0.6 is 0 Å². The summed E-state index contributed by atoms with van der Waals surface area (Å²) in [5.74, 6) is 0. The third-order valence-electron chi connectivity index (χ3n) is 12.4. The van der Waals surface area contributed by atoms with E-state index in [9.17, 15) is 92.1 Å². The van der Waals surface area contributed by atoms with Crippen molar-refractivity contribution in [1.82, 2.24) is 0 Å². The highest BCUT2D eigenvalue weighted by Crippen LogP contribution is 2.35. The van der Waals surface area contributed by atoms with Crippen LogP contribution in [-0.2, 0) is 57.0 Å². The van der Waals surface area contributed by atoms with Gasteiger partial charge in [0.25, 0.3) is 0 Å². The van der Waals surface area contributed by atoms with Crippen LogP contribution in [0.4, 0.5) is 0 Å². The smallest absolute Gasteiger partial charge is 0.187 e. The summed E-state index contributed by atoms with van der Waals surface area (Å²) in [5, 5.41) is 188. The summed E-state index contributed by atoms with van der Waals surface area (Å²) < 4.78 is 61.0. The first kappa shape index (κ1) is 54.1. The summed E-state index contributed by atoms with van der Waals surface area (Å²) in [6, 6.07) is 0. The van der Waals surface area contributed by atoms with E-state index in [-0.39, 0.29) is 0 Å². The van der Waals surface area contributed by atoms with Gasteiger partial charge in [-0.15, -0.1) is 0 Å². The molecule has 0 radical (unpaired) electrons. The second-order valence-electron chi connectivity index (χ2n) is 16.9. The molecule has 0 amide bonds. The molecule has 0 aliphatic carbocycles. The zero-order valence-electron chi connectivity index (χ0n) is 35.1. The third kappa shape index (κ3) is 11.3. The summed E-state index contributed by atoms with van der Waals surface area (Å²) in [4.78, 5) is 4.13. The lowest BCUT2D eigenvalue weighted by molar-refractivity contribution is -0.386. The fourth-order valence-corrected chi connectivity index (χ4v) is 8.31. The molecule has 6 fully saturated rings. The molecule has 6 heterocycles. The van der Waals surface area contributed by atoms with Gasteiger partial charge in [0.1, 0.15) is 141 Å². The fraction of sp³-hybridized carbons (Fsp3) is 1.00. The maximum absolute atomic E-state index is 11.3. The molecular formula is C36H62O30. The predicted molar refractivity (Wildman–Crippen MR) is 198 cm³/mol. The van der Waals surface area contributed by atoms with Crippen molar-refractivity contribution >= 4 is 0 Å². The molecule has 18 N–H and O–H groups in total. The fourth-order valence-electron chi connectivity index (χ4n) is 8.31. The SMILES string of the molecule is C[C@@H]1O[C@@H](O)[C@H](O)[C@H](O)[C@H]1O[C@@H]1O[C@H](CO[C@H]2O[C@H](COO)[C@H](O)[C@H](O[C@@H]3O[C@@H](C)[C@H](O[C@@H]4O[C@H](CO[C@H]5O[C@H](CO)[C@H](O)[C@H](O)[C@H]5O)[C@@H](O)[C@H](O)[C@@H]4O)[C@@H](O)[C@H]3O)[C@H]2O)[C@@H](O)[C@H](O)[C@@H]1O. The van der Waals surface area contributed by atoms with Gasteiger partial charge in [-0.2, -0.15) is 0 Å². The van der Waals surface area contributed by atoms with Gasteiger partial charge in [0.15, 0.2) is 37.7 Å². The Hall–Kier alpha value is -1.20. The summed E-state index contributed by atoms with van der Waals surface area (Å²) in [6.07, 6.45) is -52.8. The highest BCUT2D eigenvalue weighted by atomic mass is 17.1. The molecule has 0 saturated carbocycles. The quantitative estimate of drug-likeness (QED) is 0.0535. The zero-order chi connectivity index (χ0) is 48.6. The van der Waals surface area contributed by atoms with Gasteiger partial charge < -0.3 is 139 Å². The normalized spacial score (nSPS) is 54.0. The Labute approximate surface area is 373 Å². The van der Waals surface area contributed by atoms with Crippen LogP contribution in [0.5, 0.6) is 0 Å². The summed E-state index contributed by atoms with van der Waals surface area (Å²) in [7, 11) is 0. The Balaban J connectivity index is 1.07. The van der Waals surface area contributed by atoms with E-state index < -0.39 is 211 Å². The van der Waals surface area contributed by atoms with Crippen LogP contribution in [0.25, 0.3) is 0 Å². The van der Waals surface area contributed by atoms with Gasteiger partial charge in [-0.3, -0.25) is 5.26 Å². The van der Waals surface area contributed by atoms with Gasteiger partial charge in [0.05, 0.1) is 32.0 Å². The molecule has 0 unspecified atom stereocenters. The standard InChI is InChI=1S/C36H62O30/c1-7-28(20(45)22(47)31(53)58-7)64-35-24(49)19(44)15(40)11(63-35)5-56-33-27(52)30(16(41)12(61-33)6-57-54)66-34-26(51)21(46)29(8(2)59-34)65-36-25(50)18(43)14(39)10(62-36)4-55-32-23(48)17(42)13(38)9(3-37)60-32/h7-54H,3-6H2,1-2H3/t7-,8-,9+,10+,11+,12+,13-,14+,15+,16-,17-,18-,19-,20-,21-,22+,23+,24-,25-,26+,27+,28-,29-,30-,31+,32-,33-,34-,35-,36-/m0/s1. The maximum atomic E-state index is 11.3. The molecule has 66 heavy (non-hydrogen) atoms. The van der Waals surface area contributed by atoms with E-state index in [4.69, 9.17) is 52.1 Å². The lowest BCUT2D eigenvalue weighted by Gasteiger charge is -2.48. The van der Waals surface area contributed by atoms with Crippen molar-refractivity contribution in [2.24, 2.45) is 0 Å². The highest BCUT2D eigenvalue weighted by Gasteiger charge is 2.55. The molecule has 0 aromatic heterocycles. The van der Waals surface area contributed by atoms with Crippen molar-refractivity contribution in [2.45, 2.75) is 198 Å². The minimum atomic E-state index is -2.09. The molecule has 0 bridgehead atoms. The Morgan fingerprint density at radius 3 is 1.20 bits per heavy atom. The molecule has 6 aliphatic heterocycles. The van der Waals surface area contributed by atoms with Crippen LogP contribution in [0.1, 0.15) is 13.8 Å². The van der Waals surface area contributed by atoms with Crippen LogP contribution in [0, 0.1) is 0 Å². The third-order valence-corrected chi connectivity index (χ3v) is 12.4. The number of hydrogen-bond acceptors (Lipinski definition) is 30. The number of aliphatic hydroxyl groups excluding tert-OH is 17. The highest BCUT2D eigenvalue weighted by molar-refractivity contribution is 4.98. The summed E-state index contributed by atoms with van der Waals surface area (Å²) in [6.45, 7) is -0.368. The van der Waals surface area contributed by atoms with Gasteiger partial charge in [-0.05, 0) is 13.8 Å². The molecule has 30 atom stereocenters. The first-order chi connectivity index (χ1) is 31.1. The first-order valence-corrected chi connectivity index (χ1v) is 21.0. The molecular weight excluding hydrogens is 912 g/mol. The van der Waals surface area contributed by atoms with E-state index in [1.807, 2.05) is 0 Å². The van der Waals surface area contributed by atoms with E-state index >= 15 is 0 Å². The maximum Gasteiger partial charge on any atom is 0.187 e. The second-order valence-corrected chi connectivity index (χ2v) is 16.9. The van der Waals surface area contributed by atoms with Crippen molar-refractivity contribution in [3.8, 4) is 0 Å². The van der Waals surface area contributed by atoms with Crippen molar-refractivity contribution in [3.05, 3.63) is 0 Å². The van der Waals surface area contributed by atoms with Crippen LogP contribution in [0.2, 0.25) is 0 Å². The Morgan fingerprint density at radius 2 is 0.697 bits per heavy atom. The van der Waals surface area contributed by atoms with E-state index in [1.54, 1.807) is 0 Å². The van der Waals surface area contributed by atoms with Crippen molar-refractivity contribution in [3.63, 3.8) is 0 Å². The van der Waals surface area contributed by atoms with Crippen molar-refractivity contribution in [1.29, 1.82) is 0 Å². The number of hydrogen-bond donors (Lipinski definition) is 18. The topological polar surface area (TPSA) is 475 Å². The molecule has 6 aliphatic rings. The number of ether oxygens (including phenoxy) is 11. The lowest BCUT2D eigenvalue weighted by atomic mass is 9.96. The van der Waals surface area contributed by atoms with E-state index in [0.717, 1.165) is 0 Å². The van der Waals surface area contributed by atoms with Crippen LogP contribution in [0.15, 0.2) is 0 Å². The minimum Gasteiger partial charge on any atom is -0.394 e. The number of rotatable bonds is 15. The molecule has 386 valence electrons. The zero-order valence-corrected chi connectivity index (χ0v) is 35.1. The van der Waals surface area contributed by atoms with Crippen molar-refractivity contribution in [2.75, 3.05) is 26.4 Å². The molecule has 6 rings (SSSR count).